The van der Waals surface area contributed by atoms with Crippen LogP contribution < -0.4 is 10.2 Å². The maximum atomic E-state index is 5.64. The minimum Gasteiger partial charge on any atom is -0.406 e. The van der Waals surface area contributed by atoms with E-state index in [1.54, 1.807) is 0 Å². The molecule has 1 aromatic heterocycles. The van der Waals surface area contributed by atoms with Crippen LogP contribution in [-0.2, 0) is 6.54 Å². The maximum absolute atomic E-state index is 5.64. The molecule has 1 N–H and O–H groups in total. The Bertz CT molecular complexity index is 538. The van der Waals surface area contributed by atoms with Crippen molar-refractivity contribution in [2.24, 2.45) is 0 Å². The first-order chi connectivity index (χ1) is 9.10. The lowest BCUT2D eigenvalue weighted by Gasteiger charge is -2.14. The van der Waals surface area contributed by atoms with Crippen molar-refractivity contribution in [3.63, 3.8) is 0 Å². The third-order valence-electron chi connectivity index (χ3n) is 3.06. The highest BCUT2D eigenvalue weighted by Gasteiger charge is 2.14. The molecule has 1 atom stereocenters. The number of hydrogen-bond donors (Lipinski definition) is 1. The molecule has 0 fully saturated rings. The number of nitrogens with one attached hydrogen (secondary N) is 1. The summed E-state index contributed by atoms with van der Waals surface area (Å²) in [4.78, 5) is 1.95. The van der Waals surface area contributed by atoms with Crippen molar-refractivity contribution in [2.75, 3.05) is 19.0 Å². The van der Waals surface area contributed by atoms with Gasteiger partial charge in [0.2, 0.25) is 5.89 Å². The number of nitrogens with zero attached hydrogens (tertiary/aromatic N) is 3. The zero-order chi connectivity index (χ0) is 13.8. The Morgan fingerprint density at radius 3 is 2.84 bits per heavy atom. The van der Waals surface area contributed by atoms with Gasteiger partial charge in [-0.05, 0) is 26.5 Å². The fourth-order valence-corrected chi connectivity index (χ4v) is 1.83. The summed E-state index contributed by atoms with van der Waals surface area (Å²) in [6, 6.07) is 9.00. The van der Waals surface area contributed by atoms with Crippen molar-refractivity contribution in [2.45, 2.75) is 26.4 Å². The van der Waals surface area contributed by atoms with Gasteiger partial charge >= 0.3 is 6.01 Å². The van der Waals surface area contributed by atoms with Crippen LogP contribution in [0.4, 0.5) is 6.01 Å². The van der Waals surface area contributed by atoms with Crippen molar-refractivity contribution in [3.8, 4) is 0 Å². The smallest absolute Gasteiger partial charge is 0.318 e. The summed E-state index contributed by atoms with van der Waals surface area (Å²) in [5.74, 6) is 0.605. The van der Waals surface area contributed by atoms with Crippen LogP contribution >= 0.6 is 0 Å². The van der Waals surface area contributed by atoms with E-state index in [2.05, 4.69) is 46.7 Å². The van der Waals surface area contributed by atoms with E-state index in [0.29, 0.717) is 11.9 Å². The van der Waals surface area contributed by atoms with Crippen molar-refractivity contribution in [1.29, 1.82) is 0 Å². The van der Waals surface area contributed by atoms with Gasteiger partial charge < -0.3 is 14.6 Å². The highest BCUT2D eigenvalue weighted by molar-refractivity contribution is 5.29. The van der Waals surface area contributed by atoms with Crippen LogP contribution in [-0.4, -0.2) is 24.3 Å². The zero-order valence-electron chi connectivity index (χ0n) is 11.8. The van der Waals surface area contributed by atoms with Gasteiger partial charge in [-0.25, -0.2) is 0 Å². The van der Waals surface area contributed by atoms with Crippen LogP contribution in [0.2, 0.25) is 0 Å². The summed E-state index contributed by atoms with van der Waals surface area (Å²) in [5, 5.41) is 11.2. The van der Waals surface area contributed by atoms with Crippen molar-refractivity contribution >= 4 is 6.01 Å². The second kappa shape index (κ2) is 5.84. The van der Waals surface area contributed by atoms with Crippen LogP contribution in [0.3, 0.4) is 0 Å². The standard InChI is InChI=1S/C14H20N4O/c1-10-6-5-7-12(8-10)9-18(4)14-17-16-13(19-14)11(2)15-3/h5-8,11,15H,9H2,1-4H3. The van der Waals surface area contributed by atoms with Crippen molar-refractivity contribution < 1.29 is 4.42 Å². The molecule has 0 aliphatic rings. The Labute approximate surface area is 113 Å². The second-order valence-electron chi connectivity index (χ2n) is 4.78. The SMILES string of the molecule is CNC(C)c1nnc(N(C)Cc2cccc(C)c2)o1. The predicted molar refractivity (Wildman–Crippen MR) is 75.1 cm³/mol. The van der Waals surface area contributed by atoms with Crippen LogP contribution in [0, 0.1) is 6.92 Å². The largest absolute Gasteiger partial charge is 0.406 e. The van der Waals surface area contributed by atoms with E-state index in [1.165, 1.54) is 11.1 Å². The van der Waals surface area contributed by atoms with E-state index in [0.717, 1.165) is 6.54 Å². The van der Waals surface area contributed by atoms with Gasteiger partial charge in [-0.15, -0.1) is 5.10 Å². The molecule has 1 unspecified atom stereocenters. The monoisotopic (exact) mass is 260 g/mol. The summed E-state index contributed by atoms with van der Waals surface area (Å²) >= 11 is 0. The Morgan fingerprint density at radius 2 is 2.16 bits per heavy atom. The Hall–Kier alpha value is -1.88. The first-order valence-electron chi connectivity index (χ1n) is 6.37. The van der Waals surface area contributed by atoms with Gasteiger partial charge in [-0.2, -0.15) is 0 Å². The first-order valence-corrected chi connectivity index (χ1v) is 6.37. The van der Waals surface area contributed by atoms with Crippen LogP contribution in [0.15, 0.2) is 28.7 Å². The molecular formula is C14H20N4O. The molecule has 1 aromatic carbocycles. The lowest BCUT2D eigenvalue weighted by Crippen LogP contribution is -2.16. The summed E-state index contributed by atoms with van der Waals surface area (Å²) in [6.45, 7) is 4.82. The molecule has 19 heavy (non-hydrogen) atoms. The molecule has 0 bridgehead atoms. The van der Waals surface area contributed by atoms with E-state index >= 15 is 0 Å². The van der Waals surface area contributed by atoms with E-state index in [1.807, 2.05) is 25.9 Å². The quantitative estimate of drug-likeness (QED) is 0.894. The lowest BCUT2D eigenvalue weighted by atomic mass is 10.1. The maximum Gasteiger partial charge on any atom is 0.318 e. The van der Waals surface area contributed by atoms with Crippen LogP contribution in [0.1, 0.15) is 30.0 Å². The van der Waals surface area contributed by atoms with E-state index < -0.39 is 0 Å². The van der Waals surface area contributed by atoms with Gasteiger partial charge in [-0.1, -0.05) is 34.9 Å². The minimum absolute atomic E-state index is 0.0635. The van der Waals surface area contributed by atoms with Crippen LogP contribution in [0.25, 0.3) is 0 Å². The van der Waals surface area contributed by atoms with Crippen molar-refractivity contribution in [1.82, 2.24) is 15.5 Å². The van der Waals surface area contributed by atoms with Crippen molar-refractivity contribution in [3.05, 3.63) is 41.3 Å². The Kier molecular flexibility index (Phi) is 4.16. The molecule has 5 nitrogen and oxygen atoms in total. The molecule has 102 valence electrons. The second-order valence-corrected chi connectivity index (χ2v) is 4.78. The molecule has 5 heteroatoms. The predicted octanol–water partition coefficient (Wildman–Crippen LogP) is 2.29. The number of benzene rings is 1. The topological polar surface area (TPSA) is 54.2 Å². The molecule has 1 heterocycles. The normalized spacial score (nSPS) is 12.4. The number of aromatic nitrogens is 2. The number of anilines is 1. The van der Waals surface area contributed by atoms with Gasteiger partial charge in [-0.3, -0.25) is 0 Å². The summed E-state index contributed by atoms with van der Waals surface area (Å²) in [7, 11) is 3.81. The van der Waals surface area contributed by atoms with Gasteiger partial charge in [0.25, 0.3) is 0 Å². The molecule has 0 radical (unpaired) electrons. The zero-order valence-corrected chi connectivity index (χ0v) is 11.8. The van der Waals surface area contributed by atoms with Gasteiger partial charge in [0.15, 0.2) is 0 Å². The van der Waals surface area contributed by atoms with Gasteiger partial charge in [0.05, 0.1) is 6.04 Å². The Balaban J connectivity index is 2.07. The Morgan fingerprint density at radius 1 is 1.37 bits per heavy atom. The lowest BCUT2D eigenvalue weighted by molar-refractivity contribution is 0.432. The summed E-state index contributed by atoms with van der Waals surface area (Å²) < 4.78 is 5.64. The molecular weight excluding hydrogens is 240 g/mol. The molecule has 2 rings (SSSR count). The van der Waals surface area contributed by atoms with Gasteiger partial charge in [0, 0.05) is 13.6 Å². The molecule has 0 saturated heterocycles. The number of hydrogen-bond acceptors (Lipinski definition) is 5. The third kappa shape index (κ3) is 3.32. The third-order valence-corrected chi connectivity index (χ3v) is 3.06. The summed E-state index contributed by atoms with van der Waals surface area (Å²) in [5.41, 5.74) is 2.48. The first kappa shape index (κ1) is 13.5. The molecule has 0 aliphatic heterocycles. The molecule has 2 aromatic rings. The molecule has 0 spiro atoms. The summed E-state index contributed by atoms with van der Waals surface area (Å²) in [6.07, 6.45) is 0. The fourth-order valence-electron chi connectivity index (χ4n) is 1.83. The molecule has 0 saturated carbocycles. The average molecular weight is 260 g/mol. The molecule has 0 amide bonds. The number of aryl methyl sites for hydroxylation is 1. The van der Waals surface area contributed by atoms with E-state index in [-0.39, 0.29) is 6.04 Å². The average Bonchev–Trinajstić information content (AvgIpc) is 2.87. The van der Waals surface area contributed by atoms with E-state index in [4.69, 9.17) is 4.42 Å². The number of rotatable bonds is 5. The highest BCUT2D eigenvalue weighted by atomic mass is 16.4. The highest BCUT2D eigenvalue weighted by Crippen LogP contribution is 2.18. The fraction of sp³-hybridized carbons (Fsp3) is 0.429. The molecule has 0 aliphatic carbocycles. The van der Waals surface area contributed by atoms with Gasteiger partial charge in [0.1, 0.15) is 0 Å². The van der Waals surface area contributed by atoms with Crippen LogP contribution in [0.5, 0.6) is 0 Å². The minimum atomic E-state index is 0.0635. The van der Waals surface area contributed by atoms with E-state index in [9.17, 15) is 0 Å².